The summed E-state index contributed by atoms with van der Waals surface area (Å²) in [5.41, 5.74) is 1.63. The summed E-state index contributed by atoms with van der Waals surface area (Å²) in [6.45, 7) is 0.202. The molecule has 3 aromatic rings. The third-order valence-electron chi connectivity index (χ3n) is 3.89. The van der Waals surface area contributed by atoms with E-state index in [2.05, 4.69) is 15.5 Å². The number of carbonyl (C=O) groups excluding carboxylic acids is 2. The molecule has 0 saturated heterocycles. The lowest BCUT2D eigenvalue weighted by Gasteiger charge is -2.10. The molecule has 2 aromatic heterocycles. The van der Waals surface area contributed by atoms with Gasteiger partial charge in [0, 0.05) is 26.1 Å². The molecule has 2 heterocycles. The smallest absolute Gasteiger partial charge is 0.253 e. The lowest BCUT2D eigenvalue weighted by atomic mass is 10.1. The molecule has 8 heteroatoms. The van der Waals surface area contributed by atoms with E-state index >= 15 is 0 Å². The minimum Gasteiger partial charge on any atom is -0.347 e. The molecule has 0 aliphatic heterocycles. The molecule has 2 amide bonds. The molecule has 0 spiro atoms. The highest BCUT2D eigenvalue weighted by molar-refractivity contribution is 7.13. The van der Waals surface area contributed by atoms with Crippen LogP contribution in [0, 0.1) is 0 Å². The minimum absolute atomic E-state index is 0.0410. The third kappa shape index (κ3) is 5.01. The molecule has 3 rings (SSSR count). The summed E-state index contributed by atoms with van der Waals surface area (Å²) in [4.78, 5) is 30.6. The lowest BCUT2D eigenvalue weighted by Crippen LogP contribution is -2.23. The Morgan fingerprint density at radius 2 is 1.96 bits per heavy atom. The molecule has 0 aliphatic rings. The fourth-order valence-electron chi connectivity index (χ4n) is 2.43. The molecule has 0 unspecified atom stereocenters. The standard InChI is InChI=1S/C19H20N4O3S/c1-23(2)19(25)14-8-5-13(6-9-14)7-10-16(24)20-12-17-21-18(22-26-17)15-4-3-11-27-15/h3-6,8-9,11H,7,10,12H2,1-2H3,(H,20,24). The summed E-state index contributed by atoms with van der Waals surface area (Å²) in [5.74, 6) is 0.764. The first-order valence-corrected chi connectivity index (χ1v) is 9.34. The second kappa shape index (κ2) is 8.59. The Bertz CT molecular complexity index is 901. The molecule has 27 heavy (non-hydrogen) atoms. The number of aromatic nitrogens is 2. The monoisotopic (exact) mass is 384 g/mol. The maximum Gasteiger partial charge on any atom is 0.253 e. The van der Waals surface area contributed by atoms with Gasteiger partial charge >= 0.3 is 0 Å². The molecule has 0 radical (unpaired) electrons. The minimum atomic E-state index is -0.0979. The third-order valence-corrected chi connectivity index (χ3v) is 4.76. The summed E-state index contributed by atoms with van der Waals surface area (Å²) < 4.78 is 5.15. The van der Waals surface area contributed by atoms with Gasteiger partial charge in [0.2, 0.25) is 17.6 Å². The van der Waals surface area contributed by atoms with Crippen molar-refractivity contribution in [3.05, 3.63) is 58.8 Å². The highest BCUT2D eigenvalue weighted by Crippen LogP contribution is 2.21. The number of nitrogens with zero attached hydrogens (tertiary/aromatic N) is 3. The first-order valence-electron chi connectivity index (χ1n) is 8.46. The topological polar surface area (TPSA) is 88.3 Å². The van der Waals surface area contributed by atoms with E-state index in [9.17, 15) is 9.59 Å². The molecule has 1 N–H and O–H groups in total. The average molecular weight is 384 g/mol. The van der Waals surface area contributed by atoms with Crippen molar-refractivity contribution >= 4 is 23.2 Å². The van der Waals surface area contributed by atoms with Gasteiger partial charge in [-0.15, -0.1) is 11.3 Å². The zero-order chi connectivity index (χ0) is 19.2. The van der Waals surface area contributed by atoms with Gasteiger partial charge in [0.05, 0.1) is 11.4 Å². The van der Waals surface area contributed by atoms with Gasteiger partial charge in [-0.25, -0.2) is 0 Å². The second-order valence-electron chi connectivity index (χ2n) is 6.16. The SMILES string of the molecule is CN(C)C(=O)c1ccc(CCC(=O)NCc2nc(-c3cccs3)no2)cc1. The first-order chi connectivity index (χ1) is 13.0. The average Bonchev–Trinajstić information content (AvgIpc) is 3.35. The van der Waals surface area contributed by atoms with E-state index in [1.807, 2.05) is 29.6 Å². The number of hydrogen-bond acceptors (Lipinski definition) is 6. The molecule has 0 fully saturated rings. The van der Waals surface area contributed by atoms with Gasteiger partial charge in [0.15, 0.2) is 0 Å². The van der Waals surface area contributed by atoms with Crippen LogP contribution >= 0.6 is 11.3 Å². The number of thiophene rings is 1. The molecule has 0 bridgehead atoms. The summed E-state index contributed by atoms with van der Waals surface area (Å²) in [6, 6.07) is 11.1. The first kappa shape index (κ1) is 18.8. The van der Waals surface area contributed by atoms with Crippen LogP contribution in [0.2, 0.25) is 0 Å². The summed E-state index contributed by atoms with van der Waals surface area (Å²) >= 11 is 1.53. The summed E-state index contributed by atoms with van der Waals surface area (Å²) in [7, 11) is 3.43. The number of aryl methyl sites for hydroxylation is 1. The molecular formula is C19H20N4O3S. The molecule has 7 nitrogen and oxygen atoms in total. The van der Waals surface area contributed by atoms with E-state index in [0.717, 1.165) is 10.4 Å². The van der Waals surface area contributed by atoms with Crippen LogP contribution in [0.1, 0.15) is 28.2 Å². The Kier molecular flexibility index (Phi) is 5.97. The van der Waals surface area contributed by atoms with E-state index in [1.54, 1.807) is 26.2 Å². The van der Waals surface area contributed by atoms with Crippen LogP contribution < -0.4 is 5.32 Å². The lowest BCUT2D eigenvalue weighted by molar-refractivity contribution is -0.121. The Morgan fingerprint density at radius 1 is 1.19 bits per heavy atom. The predicted molar refractivity (Wildman–Crippen MR) is 102 cm³/mol. The van der Waals surface area contributed by atoms with Gasteiger partial charge in [0.25, 0.3) is 5.91 Å². The van der Waals surface area contributed by atoms with Crippen molar-refractivity contribution < 1.29 is 14.1 Å². The van der Waals surface area contributed by atoms with Gasteiger partial charge < -0.3 is 14.7 Å². The molecule has 0 saturated carbocycles. The van der Waals surface area contributed by atoms with Crippen molar-refractivity contribution in [1.82, 2.24) is 20.4 Å². The Balaban J connectivity index is 1.45. The summed E-state index contributed by atoms with van der Waals surface area (Å²) in [5, 5.41) is 8.63. The zero-order valence-corrected chi connectivity index (χ0v) is 16.0. The van der Waals surface area contributed by atoms with Crippen LogP contribution in [-0.2, 0) is 17.8 Å². The maximum atomic E-state index is 12.0. The van der Waals surface area contributed by atoms with Gasteiger partial charge in [-0.3, -0.25) is 9.59 Å². The van der Waals surface area contributed by atoms with E-state index in [0.29, 0.717) is 30.1 Å². The molecule has 0 atom stereocenters. The highest BCUT2D eigenvalue weighted by atomic mass is 32.1. The van der Waals surface area contributed by atoms with E-state index in [4.69, 9.17) is 4.52 Å². The second-order valence-corrected chi connectivity index (χ2v) is 7.11. The number of nitrogens with one attached hydrogen (secondary N) is 1. The van der Waals surface area contributed by atoms with Gasteiger partial charge in [0.1, 0.15) is 0 Å². The van der Waals surface area contributed by atoms with Gasteiger partial charge in [-0.2, -0.15) is 4.98 Å². The van der Waals surface area contributed by atoms with E-state index in [-0.39, 0.29) is 18.4 Å². The fraction of sp³-hybridized carbons (Fsp3) is 0.263. The number of carbonyl (C=O) groups is 2. The number of hydrogen-bond donors (Lipinski definition) is 1. The van der Waals surface area contributed by atoms with Crippen molar-refractivity contribution in [3.63, 3.8) is 0 Å². The Morgan fingerprint density at radius 3 is 2.63 bits per heavy atom. The van der Waals surface area contributed by atoms with Crippen LogP contribution in [0.4, 0.5) is 0 Å². The Labute approximate surface area is 161 Å². The molecule has 1 aromatic carbocycles. The number of amides is 2. The van der Waals surface area contributed by atoms with Crippen molar-refractivity contribution in [1.29, 1.82) is 0 Å². The zero-order valence-electron chi connectivity index (χ0n) is 15.1. The molecule has 140 valence electrons. The predicted octanol–water partition coefficient (Wildman–Crippen LogP) is 2.75. The van der Waals surface area contributed by atoms with E-state index in [1.165, 1.54) is 16.2 Å². The Hall–Kier alpha value is -3.00. The van der Waals surface area contributed by atoms with Crippen LogP contribution in [-0.4, -0.2) is 41.0 Å². The number of benzene rings is 1. The quantitative estimate of drug-likeness (QED) is 0.677. The van der Waals surface area contributed by atoms with Crippen LogP contribution in [0.3, 0.4) is 0 Å². The highest BCUT2D eigenvalue weighted by Gasteiger charge is 2.11. The molecule has 0 aliphatic carbocycles. The van der Waals surface area contributed by atoms with Gasteiger partial charge in [-0.1, -0.05) is 23.4 Å². The normalized spacial score (nSPS) is 10.6. The van der Waals surface area contributed by atoms with Gasteiger partial charge in [-0.05, 0) is 35.6 Å². The fourth-order valence-corrected chi connectivity index (χ4v) is 3.07. The van der Waals surface area contributed by atoms with Crippen molar-refractivity contribution in [2.45, 2.75) is 19.4 Å². The van der Waals surface area contributed by atoms with E-state index < -0.39 is 0 Å². The van der Waals surface area contributed by atoms with Crippen molar-refractivity contribution in [2.24, 2.45) is 0 Å². The van der Waals surface area contributed by atoms with Crippen LogP contribution in [0.15, 0.2) is 46.3 Å². The summed E-state index contributed by atoms with van der Waals surface area (Å²) in [6.07, 6.45) is 0.930. The van der Waals surface area contributed by atoms with Crippen molar-refractivity contribution in [3.8, 4) is 10.7 Å². The largest absolute Gasteiger partial charge is 0.347 e. The van der Waals surface area contributed by atoms with Crippen LogP contribution in [0.5, 0.6) is 0 Å². The maximum absolute atomic E-state index is 12.0. The molecular weight excluding hydrogens is 364 g/mol. The number of rotatable bonds is 7. The van der Waals surface area contributed by atoms with Crippen molar-refractivity contribution in [2.75, 3.05) is 14.1 Å². The van der Waals surface area contributed by atoms with Crippen LogP contribution in [0.25, 0.3) is 10.7 Å².